The first-order valence-corrected chi connectivity index (χ1v) is 7.61. The van der Waals surface area contributed by atoms with Gasteiger partial charge in [-0.3, -0.25) is 4.79 Å². The molecule has 1 aromatic rings. The summed E-state index contributed by atoms with van der Waals surface area (Å²) in [7, 11) is 0. The summed E-state index contributed by atoms with van der Waals surface area (Å²) in [6.07, 6.45) is 1.87. The Bertz CT molecular complexity index is 489. The second-order valence-corrected chi connectivity index (χ2v) is 5.81. The number of nitrogens with zero attached hydrogens (tertiary/aromatic N) is 1. The highest BCUT2D eigenvalue weighted by atomic mass is 32.2. The lowest BCUT2D eigenvalue weighted by molar-refractivity contribution is -0.123. The average molecular weight is 275 g/mol. The number of amides is 1. The highest BCUT2D eigenvalue weighted by molar-refractivity contribution is 8.14. The molecular weight excluding hydrogens is 258 g/mol. The number of amidine groups is 1. The molecule has 2 aliphatic rings. The van der Waals surface area contributed by atoms with E-state index in [1.54, 1.807) is 11.8 Å². The number of hydrogen-bond donors (Lipinski definition) is 2. The maximum atomic E-state index is 11.7. The number of rotatable bonds is 2. The maximum Gasteiger partial charge on any atom is 0.244 e. The lowest BCUT2D eigenvalue weighted by Crippen LogP contribution is -2.40. The largest absolute Gasteiger partial charge is 0.357 e. The van der Waals surface area contributed by atoms with Crippen LogP contribution in [0.25, 0.3) is 0 Å². The van der Waals surface area contributed by atoms with Gasteiger partial charge in [0, 0.05) is 12.3 Å². The Kier molecular flexibility index (Phi) is 3.73. The zero-order valence-electron chi connectivity index (χ0n) is 10.6. The number of benzene rings is 1. The van der Waals surface area contributed by atoms with Crippen molar-refractivity contribution >= 4 is 22.8 Å². The number of carbonyl (C=O) groups excluding carboxylic acids is 1. The van der Waals surface area contributed by atoms with Gasteiger partial charge in [0.15, 0.2) is 5.17 Å². The Balaban J connectivity index is 1.67. The van der Waals surface area contributed by atoms with Gasteiger partial charge in [0.2, 0.25) is 5.91 Å². The van der Waals surface area contributed by atoms with E-state index in [4.69, 9.17) is 0 Å². The second kappa shape index (κ2) is 5.65. The SMILES string of the molecule is O=C1NCCCC1N=C1NC(c2ccccc2)CS1. The van der Waals surface area contributed by atoms with Gasteiger partial charge >= 0.3 is 0 Å². The average Bonchev–Trinajstić information content (AvgIpc) is 2.91. The van der Waals surface area contributed by atoms with Gasteiger partial charge in [-0.25, -0.2) is 4.99 Å². The lowest BCUT2D eigenvalue weighted by Gasteiger charge is -2.19. The van der Waals surface area contributed by atoms with Crippen LogP contribution in [-0.4, -0.2) is 29.4 Å². The van der Waals surface area contributed by atoms with E-state index in [2.05, 4.69) is 27.8 Å². The Labute approximate surface area is 117 Å². The highest BCUT2D eigenvalue weighted by Crippen LogP contribution is 2.26. The molecule has 100 valence electrons. The molecule has 19 heavy (non-hydrogen) atoms. The summed E-state index contributed by atoms with van der Waals surface area (Å²) < 4.78 is 0. The minimum atomic E-state index is -0.210. The van der Waals surface area contributed by atoms with Crippen molar-refractivity contribution in [1.29, 1.82) is 0 Å². The highest BCUT2D eigenvalue weighted by Gasteiger charge is 2.26. The zero-order valence-corrected chi connectivity index (χ0v) is 11.5. The third kappa shape index (κ3) is 2.92. The number of piperidine rings is 1. The minimum absolute atomic E-state index is 0.0595. The van der Waals surface area contributed by atoms with Gasteiger partial charge in [-0.05, 0) is 18.4 Å². The summed E-state index contributed by atoms with van der Waals surface area (Å²) in [6, 6.07) is 10.4. The quantitative estimate of drug-likeness (QED) is 0.864. The van der Waals surface area contributed by atoms with Crippen LogP contribution in [0.3, 0.4) is 0 Å². The number of thioether (sulfide) groups is 1. The van der Waals surface area contributed by atoms with Crippen LogP contribution in [0.4, 0.5) is 0 Å². The smallest absolute Gasteiger partial charge is 0.244 e. The summed E-state index contributed by atoms with van der Waals surface area (Å²) in [5, 5.41) is 7.17. The molecule has 1 amide bonds. The molecule has 0 saturated carbocycles. The van der Waals surface area contributed by atoms with E-state index in [1.165, 1.54) is 5.56 Å². The number of carbonyl (C=O) groups is 1. The summed E-state index contributed by atoms with van der Waals surface area (Å²) in [6.45, 7) is 0.785. The molecule has 4 nitrogen and oxygen atoms in total. The molecule has 2 atom stereocenters. The van der Waals surface area contributed by atoms with E-state index in [0.717, 1.165) is 30.3 Å². The maximum absolute atomic E-state index is 11.7. The molecule has 2 N–H and O–H groups in total. The molecule has 0 aromatic heterocycles. The van der Waals surface area contributed by atoms with Crippen molar-refractivity contribution in [3.63, 3.8) is 0 Å². The fraction of sp³-hybridized carbons (Fsp3) is 0.429. The fourth-order valence-electron chi connectivity index (χ4n) is 2.35. The van der Waals surface area contributed by atoms with E-state index in [-0.39, 0.29) is 11.9 Å². The van der Waals surface area contributed by atoms with Crippen LogP contribution >= 0.6 is 11.8 Å². The molecule has 0 spiro atoms. The molecule has 0 radical (unpaired) electrons. The van der Waals surface area contributed by atoms with Crippen LogP contribution in [0.1, 0.15) is 24.4 Å². The van der Waals surface area contributed by atoms with Crippen molar-refractivity contribution in [2.75, 3.05) is 12.3 Å². The summed E-state index contributed by atoms with van der Waals surface area (Å²) in [4.78, 5) is 16.2. The van der Waals surface area contributed by atoms with Crippen molar-refractivity contribution in [3.05, 3.63) is 35.9 Å². The Morgan fingerprint density at radius 3 is 2.89 bits per heavy atom. The molecule has 1 aromatic carbocycles. The third-order valence-corrected chi connectivity index (χ3v) is 4.41. The van der Waals surface area contributed by atoms with Gasteiger partial charge in [-0.1, -0.05) is 42.1 Å². The van der Waals surface area contributed by atoms with Gasteiger partial charge in [0.05, 0.1) is 6.04 Å². The van der Waals surface area contributed by atoms with Crippen LogP contribution < -0.4 is 10.6 Å². The predicted octanol–water partition coefficient (Wildman–Crippen LogP) is 1.70. The first kappa shape index (κ1) is 12.5. The third-order valence-electron chi connectivity index (χ3n) is 3.42. The Morgan fingerprint density at radius 1 is 1.26 bits per heavy atom. The van der Waals surface area contributed by atoms with Crippen LogP contribution in [0.2, 0.25) is 0 Å². The van der Waals surface area contributed by atoms with E-state index in [0.29, 0.717) is 6.04 Å². The van der Waals surface area contributed by atoms with Crippen molar-refractivity contribution in [2.24, 2.45) is 4.99 Å². The van der Waals surface area contributed by atoms with Gasteiger partial charge in [-0.15, -0.1) is 0 Å². The van der Waals surface area contributed by atoms with Crippen LogP contribution in [0.5, 0.6) is 0 Å². The first-order chi connectivity index (χ1) is 9.33. The fourth-order valence-corrected chi connectivity index (χ4v) is 3.38. The van der Waals surface area contributed by atoms with E-state index in [9.17, 15) is 4.79 Å². The zero-order chi connectivity index (χ0) is 13.1. The van der Waals surface area contributed by atoms with Crippen LogP contribution in [0, 0.1) is 0 Å². The predicted molar refractivity (Wildman–Crippen MR) is 78.2 cm³/mol. The molecule has 5 heteroatoms. The van der Waals surface area contributed by atoms with Crippen LogP contribution in [0.15, 0.2) is 35.3 Å². The Morgan fingerprint density at radius 2 is 2.11 bits per heavy atom. The molecule has 0 aliphatic carbocycles. The molecule has 0 bridgehead atoms. The van der Waals surface area contributed by atoms with E-state index >= 15 is 0 Å². The monoisotopic (exact) mass is 275 g/mol. The van der Waals surface area contributed by atoms with Crippen molar-refractivity contribution < 1.29 is 4.79 Å². The molecule has 2 fully saturated rings. The van der Waals surface area contributed by atoms with Crippen molar-refractivity contribution in [1.82, 2.24) is 10.6 Å². The van der Waals surface area contributed by atoms with E-state index in [1.807, 2.05) is 18.2 Å². The topological polar surface area (TPSA) is 53.5 Å². The van der Waals surface area contributed by atoms with Crippen molar-refractivity contribution in [2.45, 2.75) is 24.9 Å². The van der Waals surface area contributed by atoms with Crippen molar-refractivity contribution in [3.8, 4) is 0 Å². The Hall–Kier alpha value is -1.49. The normalized spacial score (nSPS) is 29.1. The summed E-state index contributed by atoms with van der Waals surface area (Å²) >= 11 is 1.70. The molecule has 2 unspecified atom stereocenters. The number of hydrogen-bond acceptors (Lipinski definition) is 3. The van der Waals surface area contributed by atoms with Gasteiger partial charge in [0.1, 0.15) is 6.04 Å². The summed E-state index contributed by atoms with van der Waals surface area (Å²) in [5.41, 5.74) is 1.27. The standard InChI is InChI=1S/C14H17N3OS/c18-13-11(7-4-8-15-13)16-14-17-12(9-19-14)10-5-2-1-3-6-10/h1-3,5-6,11-12H,4,7-9H2,(H,15,18)(H,16,17). The van der Waals surface area contributed by atoms with Crippen LogP contribution in [-0.2, 0) is 4.79 Å². The number of nitrogens with one attached hydrogen (secondary N) is 2. The second-order valence-electron chi connectivity index (χ2n) is 4.80. The van der Waals surface area contributed by atoms with Gasteiger partial charge in [0.25, 0.3) is 0 Å². The van der Waals surface area contributed by atoms with Gasteiger partial charge < -0.3 is 10.6 Å². The lowest BCUT2D eigenvalue weighted by atomic mass is 10.1. The van der Waals surface area contributed by atoms with E-state index < -0.39 is 0 Å². The minimum Gasteiger partial charge on any atom is -0.357 e. The molecule has 2 aliphatic heterocycles. The molecule has 2 heterocycles. The molecular formula is C14H17N3OS. The number of aliphatic imine (C=N–C) groups is 1. The molecule has 2 saturated heterocycles. The summed E-state index contributed by atoms with van der Waals surface area (Å²) in [5.74, 6) is 1.03. The first-order valence-electron chi connectivity index (χ1n) is 6.63. The van der Waals surface area contributed by atoms with Gasteiger partial charge in [-0.2, -0.15) is 0 Å². The molecule has 3 rings (SSSR count).